The lowest BCUT2D eigenvalue weighted by Gasteiger charge is -2.05. The van der Waals surface area contributed by atoms with Gasteiger partial charge in [0.1, 0.15) is 0 Å². The van der Waals surface area contributed by atoms with E-state index in [1.54, 1.807) is 0 Å². The minimum Gasteiger partial charge on any atom is -0.110 e. The van der Waals surface area contributed by atoms with Gasteiger partial charge in [-0.05, 0) is 6.99 Å². The fourth-order valence-electron chi connectivity index (χ4n) is 0.125. The Kier molecular flexibility index (Phi) is 12.2. The van der Waals surface area contributed by atoms with E-state index in [4.69, 9.17) is 0 Å². The molecule has 0 saturated heterocycles. The summed E-state index contributed by atoms with van der Waals surface area (Å²) in [5.41, 5.74) is 0. The van der Waals surface area contributed by atoms with Crippen LogP contribution in [0.3, 0.4) is 0 Å². The van der Waals surface area contributed by atoms with Gasteiger partial charge < -0.3 is 0 Å². The smallest absolute Gasteiger partial charge is 0.0351 e. The molecule has 0 N–H and O–H groups in total. The van der Waals surface area contributed by atoms with E-state index in [9.17, 15) is 0 Å². The van der Waals surface area contributed by atoms with Gasteiger partial charge in [-0.2, -0.15) is 0 Å². The minimum absolute atomic E-state index is 0.357. The number of rotatable bonds is 4. The van der Waals surface area contributed by atoms with Crippen LogP contribution in [0.4, 0.5) is 0 Å². The molecule has 0 heterocycles. The average molecular weight is 258 g/mol. The van der Waals surface area contributed by atoms with Gasteiger partial charge in [0.15, 0.2) is 0 Å². The second-order valence-electron chi connectivity index (χ2n) is 0.880. The van der Waals surface area contributed by atoms with E-state index >= 15 is 0 Å². The number of hydrogen-bond donors (Lipinski definition) is 0. The Morgan fingerprint density at radius 2 is 1.88 bits per heavy atom. The quantitative estimate of drug-likeness (QED) is 0.662. The molecule has 50 valence electrons. The topological polar surface area (TPSA) is 0 Å². The lowest BCUT2D eigenvalue weighted by atomic mass is 29.0. The van der Waals surface area contributed by atoms with E-state index in [1.807, 2.05) is 0 Å². The third kappa shape index (κ3) is 7.55. The van der Waals surface area contributed by atoms with Crippen LogP contribution >= 0.6 is 65.6 Å². The van der Waals surface area contributed by atoms with Gasteiger partial charge in [-0.15, -0.1) is 26.8 Å². The van der Waals surface area contributed by atoms with Crippen molar-refractivity contribution in [2.45, 2.75) is 0 Å². The SMILES string of the molecule is PPPPP(P)PP. The van der Waals surface area contributed by atoms with Gasteiger partial charge in [-0.3, -0.25) is 0 Å². The minimum atomic E-state index is 0.357. The van der Waals surface area contributed by atoms with Gasteiger partial charge in [-0.1, -0.05) is 31.8 Å². The van der Waals surface area contributed by atoms with Crippen molar-refractivity contribution in [3.63, 3.8) is 0 Å². The van der Waals surface area contributed by atoms with E-state index in [0.29, 0.717) is 6.99 Å². The first kappa shape index (κ1) is 11.4. The fourth-order valence-corrected chi connectivity index (χ4v) is 30.3. The molecule has 0 nitrogen and oxygen atoms in total. The molecule has 0 aliphatic carbocycles. The molecule has 8 heteroatoms. The summed E-state index contributed by atoms with van der Waals surface area (Å²) in [6.07, 6.45) is 0. The highest BCUT2D eigenvalue weighted by Gasteiger charge is 1.93. The number of hydrogen-bond acceptors (Lipinski definition) is 0. The molecular weight excluding hydrogens is 248 g/mol. The van der Waals surface area contributed by atoms with Crippen LogP contribution in [0.15, 0.2) is 0 Å². The van der Waals surface area contributed by atoms with Gasteiger partial charge in [0.05, 0.1) is 0 Å². The van der Waals surface area contributed by atoms with Crippen molar-refractivity contribution in [1.29, 1.82) is 0 Å². The van der Waals surface area contributed by atoms with Crippen LogP contribution in [0.25, 0.3) is 0 Å². The first-order valence-corrected chi connectivity index (χ1v) is 16.0. The third-order valence-corrected chi connectivity index (χ3v) is 31.4. The molecule has 0 aromatic carbocycles. The maximum absolute atomic E-state index is 2.95. The first-order valence-electron chi connectivity index (χ1n) is 1.78. The Morgan fingerprint density at radius 3 is 2.25 bits per heavy atom. The van der Waals surface area contributed by atoms with Gasteiger partial charge in [-0.25, -0.2) is 0 Å². The van der Waals surface area contributed by atoms with Crippen molar-refractivity contribution >= 4 is 65.6 Å². The molecule has 0 aromatic heterocycles. The van der Waals surface area contributed by atoms with Crippen molar-refractivity contribution < 1.29 is 0 Å². The summed E-state index contributed by atoms with van der Waals surface area (Å²) in [5, 5.41) is 0. The highest BCUT2D eigenvalue weighted by molar-refractivity contribution is 8.91. The maximum Gasteiger partial charge on any atom is -0.0351 e. The molecule has 0 aliphatic rings. The second kappa shape index (κ2) is 8.54. The van der Waals surface area contributed by atoms with Gasteiger partial charge >= 0.3 is 0 Å². The molecule has 0 aliphatic heterocycles. The van der Waals surface area contributed by atoms with Crippen LogP contribution in [0.2, 0.25) is 0 Å². The van der Waals surface area contributed by atoms with Crippen molar-refractivity contribution in [3.05, 3.63) is 0 Å². The summed E-state index contributed by atoms with van der Waals surface area (Å²) in [6.45, 7) is 0.357. The Bertz CT molecular complexity index is 39.3. The van der Waals surface area contributed by atoms with Crippen LogP contribution < -0.4 is 0 Å². The van der Waals surface area contributed by atoms with Crippen molar-refractivity contribution in [2.75, 3.05) is 0 Å². The fraction of sp³-hybridized carbons (Fsp3) is 0. The van der Waals surface area contributed by atoms with Crippen LogP contribution in [0.5, 0.6) is 0 Å². The van der Waals surface area contributed by atoms with Gasteiger partial charge in [0.25, 0.3) is 0 Å². The summed E-state index contributed by atoms with van der Waals surface area (Å²) >= 11 is 0. The summed E-state index contributed by atoms with van der Waals surface area (Å²) in [7, 11) is 13.3. The third-order valence-electron chi connectivity index (χ3n) is 0.388. The normalized spacial score (nSPS) is 19.9. The Labute approximate surface area is 65.8 Å². The largest absolute Gasteiger partial charge is 0.110 e. The molecule has 8 unspecified atom stereocenters. The van der Waals surface area contributed by atoms with Crippen molar-refractivity contribution in [2.24, 2.45) is 0 Å². The molecule has 0 fully saturated rings. The zero-order chi connectivity index (χ0) is 6.41. The molecule has 0 rings (SSSR count). The molecule has 0 bridgehead atoms. The zero-order valence-electron chi connectivity index (χ0n) is 4.18. The maximum atomic E-state index is 2.95. The molecule has 0 radical (unpaired) electrons. The van der Waals surface area contributed by atoms with E-state index in [1.165, 1.54) is 15.9 Å². The lowest BCUT2D eigenvalue weighted by molar-refractivity contribution is 4.93. The summed E-state index contributed by atoms with van der Waals surface area (Å²) in [6, 6.07) is 0. The highest BCUT2D eigenvalue weighted by Crippen LogP contribution is 2.85. The Morgan fingerprint density at radius 1 is 1.25 bits per heavy atom. The van der Waals surface area contributed by atoms with E-state index in [0.717, 1.165) is 15.9 Å². The average Bonchev–Trinajstić information content (AvgIpc) is 1.83. The first-order chi connectivity index (χ1) is 3.81. The van der Waals surface area contributed by atoms with Crippen LogP contribution in [-0.2, 0) is 0 Å². The summed E-state index contributed by atoms with van der Waals surface area (Å²) < 4.78 is 0. The summed E-state index contributed by atoms with van der Waals surface area (Å²) in [5.74, 6) is 0. The monoisotopic (exact) mass is 258 g/mol. The molecule has 8 atom stereocenters. The van der Waals surface area contributed by atoms with Crippen molar-refractivity contribution in [1.82, 2.24) is 0 Å². The Hall–Kier alpha value is 3.44. The van der Waals surface area contributed by atoms with Gasteiger partial charge in [0, 0.05) is 0 Å². The predicted molar refractivity (Wildman–Crippen MR) is 69.3 cm³/mol. The van der Waals surface area contributed by atoms with Gasteiger partial charge in [0.2, 0.25) is 0 Å². The van der Waals surface area contributed by atoms with E-state index < -0.39 is 0 Å². The second-order valence-corrected chi connectivity index (χ2v) is 23.8. The summed E-state index contributed by atoms with van der Waals surface area (Å²) in [4.78, 5) is 0. The standard InChI is InChI=1S/H10P8/c1-4-6-7-8(3)5-2/h4-7H,1-3H2. The molecule has 0 amide bonds. The zero-order valence-corrected chi connectivity index (χ0v) is 12.5. The Balaban J connectivity index is 2.86. The molecule has 8 heavy (non-hydrogen) atoms. The van der Waals surface area contributed by atoms with Crippen LogP contribution in [0.1, 0.15) is 0 Å². The van der Waals surface area contributed by atoms with E-state index in [2.05, 4.69) is 26.8 Å². The van der Waals surface area contributed by atoms with Crippen LogP contribution in [-0.4, -0.2) is 0 Å². The lowest BCUT2D eigenvalue weighted by Crippen LogP contribution is -1.13. The van der Waals surface area contributed by atoms with Crippen molar-refractivity contribution in [3.8, 4) is 0 Å². The molecule has 0 saturated carbocycles. The predicted octanol–water partition coefficient (Wildman–Crippen LogP) is 4.21. The molecule has 0 aromatic rings. The molecular formula is H10P8. The highest BCUT2D eigenvalue weighted by atomic mass is 33.0. The molecule has 0 spiro atoms. The van der Waals surface area contributed by atoms with Crippen LogP contribution in [0, 0.1) is 0 Å². The van der Waals surface area contributed by atoms with E-state index in [-0.39, 0.29) is 0 Å².